The van der Waals surface area contributed by atoms with Crippen molar-refractivity contribution in [2.45, 2.75) is 0 Å². The third-order valence-corrected chi connectivity index (χ3v) is 14.4. The van der Waals surface area contributed by atoms with E-state index in [0.29, 0.717) is 0 Å². The summed E-state index contributed by atoms with van der Waals surface area (Å²) in [5, 5.41) is 5.81. The second-order valence-corrected chi connectivity index (χ2v) is 14.5. The summed E-state index contributed by atoms with van der Waals surface area (Å²) < 4.78 is 13.2. The van der Waals surface area contributed by atoms with Crippen LogP contribution in [0.3, 0.4) is 0 Å². The van der Waals surface area contributed by atoms with Crippen LogP contribution >= 0.6 is 22.8 Å². The number of allylic oxidation sites excluding steroid dienone is 8. The number of benzene rings is 2. The van der Waals surface area contributed by atoms with Crippen LogP contribution in [-0.4, -0.2) is 17.3 Å². The van der Waals surface area contributed by atoms with Gasteiger partial charge in [-0.05, 0) is 40.0 Å². The van der Waals surface area contributed by atoms with Gasteiger partial charge in [0, 0.05) is 18.4 Å². The smallest absolute Gasteiger partial charge is 0.315 e. The van der Waals surface area contributed by atoms with Crippen LogP contribution in [0.5, 0.6) is 11.5 Å². The van der Waals surface area contributed by atoms with Crippen LogP contribution in [0.25, 0.3) is 0 Å². The van der Waals surface area contributed by atoms with E-state index in [1.807, 2.05) is 6.07 Å². The molecule has 4 heterocycles. The first-order chi connectivity index (χ1) is 13.8. The number of fused-ring (bicyclic) bond motifs is 6. The van der Waals surface area contributed by atoms with E-state index in [1.54, 1.807) is 0 Å². The van der Waals surface area contributed by atoms with Crippen LogP contribution < -0.4 is 9.05 Å². The fraction of sp³-hybridized carbons (Fsp3) is 0.0435. The Hall–Kier alpha value is -1.97. The molecule has 2 unspecified atom stereocenters. The van der Waals surface area contributed by atoms with Gasteiger partial charge in [-0.25, -0.2) is 0 Å². The van der Waals surface area contributed by atoms with E-state index in [0.717, 1.165) is 11.5 Å². The van der Waals surface area contributed by atoms with Gasteiger partial charge in [0.25, 0.3) is 0 Å². The molecule has 0 aliphatic carbocycles. The molecule has 138 valence electrons. The van der Waals surface area contributed by atoms with Gasteiger partial charge in [0.15, 0.2) is 0 Å². The Balaban J connectivity index is 1.69. The molecule has 4 aliphatic rings. The summed E-state index contributed by atoms with van der Waals surface area (Å²) >= 11 is 0. The molecule has 0 saturated heterocycles. The van der Waals surface area contributed by atoms with Crippen molar-refractivity contribution in [3.05, 3.63) is 107 Å². The summed E-state index contributed by atoms with van der Waals surface area (Å²) in [6.45, 7) is 2.42. The molecule has 0 N–H and O–H groups in total. The van der Waals surface area contributed by atoms with Gasteiger partial charge in [-0.15, -0.1) is 0 Å². The summed E-state index contributed by atoms with van der Waals surface area (Å²) in [6.07, 6.45) is 13.6. The van der Waals surface area contributed by atoms with Crippen LogP contribution in [0.1, 0.15) is 11.1 Å². The number of rotatable bonds is 0. The van der Waals surface area contributed by atoms with Crippen molar-refractivity contribution >= 4 is 33.4 Å². The van der Waals surface area contributed by atoms with Crippen LogP contribution in [-0.2, 0) is 0 Å². The van der Waals surface area contributed by atoms with E-state index in [1.165, 1.54) is 32.3 Å². The number of hydrogen-bond acceptors (Lipinski definition) is 2. The highest BCUT2D eigenvalue weighted by Crippen LogP contribution is 2.74. The van der Waals surface area contributed by atoms with Gasteiger partial charge < -0.3 is 9.05 Å². The molecule has 3 atom stereocenters. The lowest BCUT2D eigenvalue weighted by molar-refractivity contribution is 0.507. The molecule has 2 aromatic rings. The van der Waals surface area contributed by atoms with Crippen molar-refractivity contribution in [3.63, 3.8) is 0 Å². The van der Waals surface area contributed by atoms with Crippen molar-refractivity contribution in [1.29, 1.82) is 0 Å². The monoisotopic (exact) mass is 420 g/mol. The van der Waals surface area contributed by atoms with Crippen LogP contribution in [0.4, 0.5) is 0 Å². The molecular weight excluding hydrogens is 401 g/mol. The summed E-state index contributed by atoms with van der Waals surface area (Å²) in [5.74, 6) is 1.91. The molecular formula is C23H19O2P3. The lowest BCUT2D eigenvalue weighted by Gasteiger charge is -2.32. The second-order valence-electron chi connectivity index (χ2n) is 7.11. The first kappa shape index (κ1) is 16.9. The Labute approximate surface area is 167 Å². The Kier molecular flexibility index (Phi) is 3.95. The minimum Gasteiger partial charge on any atom is -0.435 e. The van der Waals surface area contributed by atoms with Crippen LogP contribution in [0.2, 0.25) is 0 Å². The molecule has 0 radical (unpaired) electrons. The fourth-order valence-corrected chi connectivity index (χ4v) is 13.9. The summed E-state index contributed by atoms with van der Waals surface area (Å²) in [7, 11) is -3.11. The van der Waals surface area contributed by atoms with E-state index in [-0.39, 0.29) is 0 Å². The van der Waals surface area contributed by atoms with Crippen molar-refractivity contribution in [2.24, 2.45) is 0 Å². The molecule has 28 heavy (non-hydrogen) atoms. The first-order valence-electron chi connectivity index (χ1n) is 9.39. The van der Waals surface area contributed by atoms with E-state index in [4.69, 9.17) is 9.05 Å². The Morgan fingerprint density at radius 1 is 0.714 bits per heavy atom. The molecule has 2 nitrogen and oxygen atoms in total. The number of hydrogen-bond donors (Lipinski definition) is 0. The van der Waals surface area contributed by atoms with Crippen molar-refractivity contribution < 1.29 is 9.05 Å². The lowest BCUT2D eigenvalue weighted by Crippen LogP contribution is -2.10. The molecule has 4 aliphatic heterocycles. The van der Waals surface area contributed by atoms with E-state index in [2.05, 4.69) is 85.6 Å². The Morgan fingerprint density at radius 3 is 2.00 bits per heavy atom. The van der Waals surface area contributed by atoms with Gasteiger partial charge in [0.2, 0.25) is 0 Å². The first-order valence-corrected chi connectivity index (χ1v) is 14.9. The Bertz CT molecular complexity index is 1230. The zero-order valence-corrected chi connectivity index (χ0v) is 18.2. The maximum atomic E-state index is 6.70. The molecule has 0 spiro atoms. The summed E-state index contributed by atoms with van der Waals surface area (Å²) in [5.41, 5.74) is 2.45. The predicted molar refractivity (Wildman–Crippen MR) is 126 cm³/mol. The highest BCUT2D eigenvalue weighted by atomic mass is 32.1. The molecule has 2 bridgehead atoms. The maximum absolute atomic E-state index is 6.70. The van der Waals surface area contributed by atoms with Gasteiger partial charge in [0.1, 0.15) is 11.5 Å². The molecule has 0 amide bonds. The highest BCUT2D eigenvalue weighted by Gasteiger charge is 2.36. The molecule has 6 rings (SSSR count). The topological polar surface area (TPSA) is 18.5 Å². The number of para-hydroxylation sites is 2. The standard InChI is InChI=1S/C23H19O2P3/c1-26-20-12-6-14-22(26)23-15-7-13-21-17-9-3-5-11-19(17)25-28(27(21)23)24-18-10-4-2-8-16(18)20/h2-15,26-27H,1H3/t28-/m0/s1. The van der Waals surface area contributed by atoms with Crippen LogP contribution in [0.15, 0.2) is 95.6 Å². The average molecular weight is 420 g/mol. The molecule has 0 saturated carbocycles. The SMILES string of the molecule is C[PH]1=C2C=CC=C1C1=CC=CC3=[PH]1[P@@](Oc1ccccc12)Oc1ccccc13. The van der Waals surface area contributed by atoms with E-state index >= 15 is 0 Å². The molecule has 0 aromatic heterocycles. The van der Waals surface area contributed by atoms with Crippen LogP contribution in [0, 0.1) is 0 Å². The van der Waals surface area contributed by atoms with Gasteiger partial charge >= 0.3 is 8.06 Å². The molecule has 5 heteroatoms. The van der Waals surface area contributed by atoms with Crippen molar-refractivity contribution in [1.82, 2.24) is 0 Å². The van der Waals surface area contributed by atoms with Gasteiger partial charge in [-0.3, -0.25) is 0 Å². The minimum atomic E-state index is -1.17. The van der Waals surface area contributed by atoms with Gasteiger partial charge in [0.05, 0.1) is 0 Å². The highest BCUT2D eigenvalue weighted by molar-refractivity contribution is 8.27. The normalized spacial score (nSPS) is 26.2. The fourth-order valence-electron chi connectivity index (χ4n) is 4.22. The Morgan fingerprint density at radius 2 is 1.29 bits per heavy atom. The largest absolute Gasteiger partial charge is 0.435 e. The van der Waals surface area contributed by atoms with Crippen molar-refractivity contribution in [3.8, 4) is 11.5 Å². The maximum Gasteiger partial charge on any atom is 0.315 e. The third-order valence-electron chi connectivity index (χ3n) is 5.56. The molecule has 2 aromatic carbocycles. The zero-order valence-electron chi connectivity index (χ0n) is 15.3. The lowest BCUT2D eigenvalue weighted by atomic mass is 10.1. The van der Waals surface area contributed by atoms with E-state index in [9.17, 15) is 0 Å². The summed E-state index contributed by atoms with van der Waals surface area (Å²) in [4.78, 5) is 0. The summed E-state index contributed by atoms with van der Waals surface area (Å²) in [6, 6.07) is 16.9. The molecule has 0 fully saturated rings. The quantitative estimate of drug-likeness (QED) is 0.459. The zero-order chi connectivity index (χ0) is 18.7. The van der Waals surface area contributed by atoms with Crippen molar-refractivity contribution in [2.75, 3.05) is 6.66 Å². The third kappa shape index (κ3) is 2.46. The predicted octanol–water partition coefficient (Wildman–Crippen LogP) is 6.41. The minimum absolute atomic E-state index is 0.867. The average Bonchev–Trinajstić information content (AvgIpc) is 2.75. The van der Waals surface area contributed by atoms with Gasteiger partial charge in [-0.1, -0.05) is 80.4 Å². The van der Waals surface area contributed by atoms with Gasteiger partial charge in [-0.2, -0.15) is 0 Å². The second kappa shape index (κ2) is 6.53. The van der Waals surface area contributed by atoms with E-state index < -0.39 is 22.8 Å².